The van der Waals surface area contributed by atoms with Crippen molar-refractivity contribution >= 4 is 9.84 Å². The first-order chi connectivity index (χ1) is 14.0. The first kappa shape index (κ1) is 22.0. The van der Waals surface area contributed by atoms with Crippen molar-refractivity contribution in [1.29, 1.82) is 0 Å². The van der Waals surface area contributed by atoms with Crippen LogP contribution in [0.25, 0.3) is 0 Å². The van der Waals surface area contributed by atoms with Gasteiger partial charge in [0.1, 0.15) is 10.6 Å². The number of sulfone groups is 1. The molecule has 3 heterocycles. The van der Waals surface area contributed by atoms with Gasteiger partial charge in [-0.1, -0.05) is 0 Å². The molecular weight excluding hydrogens is 419 g/mol. The van der Waals surface area contributed by atoms with Crippen LogP contribution in [-0.2, 0) is 20.8 Å². The van der Waals surface area contributed by atoms with Crippen LogP contribution in [0.2, 0.25) is 0 Å². The van der Waals surface area contributed by atoms with Gasteiger partial charge in [-0.05, 0) is 75.6 Å². The van der Waals surface area contributed by atoms with Crippen LogP contribution in [0, 0.1) is 12.3 Å². The van der Waals surface area contributed by atoms with E-state index in [-0.39, 0.29) is 15.9 Å². The molecule has 0 bridgehead atoms. The number of alkyl halides is 3. The van der Waals surface area contributed by atoms with E-state index < -0.39 is 26.6 Å². The zero-order valence-electron chi connectivity index (χ0n) is 17.0. The Balaban J connectivity index is 1.45. The van der Waals surface area contributed by atoms with E-state index in [1.54, 1.807) is 0 Å². The van der Waals surface area contributed by atoms with Gasteiger partial charge in [-0.15, -0.1) is 0 Å². The number of likely N-dealkylation sites (tertiary alicyclic amines) is 1. The average molecular weight is 448 g/mol. The first-order valence-electron chi connectivity index (χ1n) is 10.4. The summed E-state index contributed by atoms with van der Waals surface area (Å²) in [6.45, 7) is 4.77. The van der Waals surface area contributed by atoms with Gasteiger partial charge in [0.05, 0.1) is 4.90 Å². The van der Waals surface area contributed by atoms with Crippen LogP contribution in [0.15, 0.2) is 17.2 Å². The van der Waals surface area contributed by atoms with E-state index in [0.29, 0.717) is 18.9 Å². The van der Waals surface area contributed by atoms with Crippen LogP contribution in [-0.4, -0.2) is 55.5 Å². The van der Waals surface area contributed by atoms with Crippen molar-refractivity contribution in [2.45, 2.75) is 67.4 Å². The predicted octanol–water partition coefficient (Wildman–Crippen LogP) is 2.89. The number of aromatic nitrogens is 1. The third-order valence-corrected chi connectivity index (χ3v) is 9.46. The van der Waals surface area contributed by atoms with Crippen molar-refractivity contribution in [2.24, 2.45) is 11.1 Å². The lowest BCUT2D eigenvalue weighted by Crippen LogP contribution is -2.65. The second-order valence-electron chi connectivity index (χ2n) is 9.13. The average Bonchev–Trinajstić information content (AvgIpc) is 2.67. The van der Waals surface area contributed by atoms with Gasteiger partial charge < -0.3 is 15.4 Å². The zero-order chi connectivity index (χ0) is 21.8. The molecule has 1 aliphatic carbocycles. The second kappa shape index (κ2) is 7.43. The predicted molar refractivity (Wildman–Crippen MR) is 104 cm³/mol. The highest BCUT2D eigenvalue weighted by molar-refractivity contribution is 7.92. The summed E-state index contributed by atoms with van der Waals surface area (Å²) in [6, 6.07) is 1.31. The van der Waals surface area contributed by atoms with Crippen molar-refractivity contribution in [3.63, 3.8) is 0 Å². The lowest BCUT2D eigenvalue weighted by atomic mass is 9.60. The van der Waals surface area contributed by atoms with E-state index >= 15 is 0 Å². The molecule has 168 valence electrons. The normalized spacial score (nSPS) is 25.2. The number of rotatable bonds is 3. The molecule has 1 saturated carbocycles. The van der Waals surface area contributed by atoms with Crippen LogP contribution in [0.3, 0.4) is 0 Å². The summed E-state index contributed by atoms with van der Waals surface area (Å²) >= 11 is 0. The number of ether oxygens (including phenoxy) is 1. The standard InChI is InChI=1S/C20H28F3N3O3S/c1-14-10-17(20(21,22)23)25-11-16(14)30(27,28)19(24)12-18(13-19)4-6-26(7-5-18)15-2-8-29-9-3-15/h10-11,15H,2-9,12-13,24H2,1H3. The molecule has 1 aromatic heterocycles. The summed E-state index contributed by atoms with van der Waals surface area (Å²) in [7, 11) is -3.99. The minimum atomic E-state index is -4.62. The molecule has 0 atom stereocenters. The third-order valence-electron chi connectivity index (χ3n) is 7.09. The molecule has 4 rings (SSSR count). The van der Waals surface area contributed by atoms with Crippen molar-refractivity contribution in [2.75, 3.05) is 26.3 Å². The van der Waals surface area contributed by atoms with Crippen LogP contribution >= 0.6 is 0 Å². The van der Waals surface area contributed by atoms with Crippen LogP contribution < -0.4 is 5.73 Å². The maximum absolute atomic E-state index is 13.2. The zero-order valence-corrected chi connectivity index (χ0v) is 17.9. The Labute approximate surface area is 174 Å². The molecule has 0 aromatic carbocycles. The van der Waals surface area contributed by atoms with Gasteiger partial charge >= 0.3 is 6.18 Å². The van der Waals surface area contributed by atoms with Gasteiger partial charge in [0.25, 0.3) is 0 Å². The molecule has 3 fully saturated rings. The van der Waals surface area contributed by atoms with E-state index in [4.69, 9.17) is 10.5 Å². The number of pyridine rings is 1. The minimum Gasteiger partial charge on any atom is -0.381 e. The van der Waals surface area contributed by atoms with Crippen molar-refractivity contribution in [3.8, 4) is 0 Å². The molecule has 3 aliphatic rings. The smallest absolute Gasteiger partial charge is 0.381 e. The number of nitrogens with two attached hydrogens (primary N) is 1. The number of halogens is 3. The molecule has 2 saturated heterocycles. The number of aryl methyl sites for hydroxylation is 1. The number of piperidine rings is 1. The molecule has 0 radical (unpaired) electrons. The number of hydrogen-bond donors (Lipinski definition) is 1. The second-order valence-corrected chi connectivity index (χ2v) is 11.4. The quantitative estimate of drug-likeness (QED) is 0.767. The summed E-state index contributed by atoms with van der Waals surface area (Å²) in [5, 5.41) is 0. The summed E-state index contributed by atoms with van der Waals surface area (Å²) < 4.78 is 70.4. The molecule has 6 nitrogen and oxygen atoms in total. The van der Waals surface area contributed by atoms with Crippen LogP contribution in [0.5, 0.6) is 0 Å². The third kappa shape index (κ3) is 3.76. The lowest BCUT2D eigenvalue weighted by Gasteiger charge is -2.57. The molecule has 1 aromatic rings. The fraction of sp³-hybridized carbons (Fsp3) is 0.750. The Morgan fingerprint density at radius 2 is 1.80 bits per heavy atom. The van der Waals surface area contributed by atoms with Crippen molar-refractivity contribution in [3.05, 3.63) is 23.5 Å². The van der Waals surface area contributed by atoms with Crippen LogP contribution in [0.4, 0.5) is 13.2 Å². The number of nitrogens with zero attached hydrogens (tertiary/aromatic N) is 2. The van der Waals surface area contributed by atoms with Gasteiger partial charge in [-0.2, -0.15) is 13.2 Å². The largest absolute Gasteiger partial charge is 0.433 e. The molecule has 0 unspecified atom stereocenters. The molecule has 2 aliphatic heterocycles. The Hall–Kier alpha value is -1.23. The van der Waals surface area contributed by atoms with E-state index in [2.05, 4.69) is 9.88 Å². The Morgan fingerprint density at radius 1 is 1.20 bits per heavy atom. The van der Waals surface area contributed by atoms with Crippen LogP contribution in [0.1, 0.15) is 49.8 Å². The van der Waals surface area contributed by atoms with Gasteiger partial charge in [0, 0.05) is 25.5 Å². The topological polar surface area (TPSA) is 85.5 Å². The van der Waals surface area contributed by atoms with E-state index in [9.17, 15) is 21.6 Å². The van der Waals surface area contributed by atoms with Crippen molar-refractivity contribution in [1.82, 2.24) is 9.88 Å². The fourth-order valence-electron chi connectivity index (χ4n) is 5.37. The maximum atomic E-state index is 13.2. The Kier molecular flexibility index (Phi) is 5.44. The monoisotopic (exact) mass is 447 g/mol. The molecule has 10 heteroatoms. The lowest BCUT2D eigenvalue weighted by molar-refractivity contribution is -0.141. The molecule has 0 amide bonds. The van der Waals surface area contributed by atoms with Gasteiger partial charge in [0.15, 0.2) is 9.84 Å². The SMILES string of the molecule is Cc1cc(C(F)(F)F)ncc1S(=O)(=O)C1(N)CC2(CCN(C3CCOCC3)CC2)C1. The molecule has 2 N–H and O–H groups in total. The maximum Gasteiger partial charge on any atom is 0.433 e. The molecular formula is C20H28F3N3O3S. The fourth-order valence-corrected chi connectivity index (χ4v) is 7.48. The highest BCUT2D eigenvalue weighted by Gasteiger charge is 2.60. The van der Waals surface area contributed by atoms with E-state index in [1.807, 2.05) is 0 Å². The minimum absolute atomic E-state index is 0.0254. The molecule has 30 heavy (non-hydrogen) atoms. The van der Waals surface area contributed by atoms with E-state index in [0.717, 1.165) is 64.2 Å². The molecule has 1 spiro atoms. The van der Waals surface area contributed by atoms with E-state index in [1.165, 1.54) is 6.92 Å². The highest BCUT2D eigenvalue weighted by atomic mass is 32.2. The Bertz CT molecular complexity index is 898. The Morgan fingerprint density at radius 3 is 2.33 bits per heavy atom. The highest BCUT2D eigenvalue weighted by Crippen LogP contribution is 2.57. The van der Waals surface area contributed by atoms with Gasteiger partial charge in [-0.25, -0.2) is 8.42 Å². The van der Waals surface area contributed by atoms with Gasteiger partial charge in [-0.3, -0.25) is 4.98 Å². The summed E-state index contributed by atoms with van der Waals surface area (Å²) in [5.41, 5.74) is 5.14. The summed E-state index contributed by atoms with van der Waals surface area (Å²) in [6.07, 6.45) is 0.707. The van der Waals surface area contributed by atoms with Crippen molar-refractivity contribution < 1.29 is 26.3 Å². The van der Waals surface area contributed by atoms with Gasteiger partial charge in [0.2, 0.25) is 0 Å². The summed E-state index contributed by atoms with van der Waals surface area (Å²) in [4.78, 5) is 4.17. The number of hydrogen-bond acceptors (Lipinski definition) is 6. The summed E-state index contributed by atoms with van der Waals surface area (Å²) in [5.74, 6) is 0. The first-order valence-corrected chi connectivity index (χ1v) is 11.8.